The molecule has 0 radical (unpaired) electrons. The molecule has 1 fully saturated rings. The van der Waals surface area contributed by atoms with E-state index < -0.39 is 0 Å². The van der Waals surface area contributed by atoms with Crippen molar-refractivity contribution in [2.24, 2.45) is 0 Å². The molecule has 1 aliphatic heterocycles. The lowest BCUT2D eigenvalue weighted by molar-refractivity contribution is 0.630. The molecule has 3 rings (SSSR count). The van der Waals surface area contributed by atoms with Crippen LogP contribution < -0.4 is 5.32 Å². The zero-order valence-electron chi connectivity index (χ0n) is 5.76. The molecule has 0 aromatic carbocycles. The molecule has 2 nitrogen and oxygen atoms in total. The van der Waals surface area contributed by atoms with Gasteiger partial charge in [-0.2, -0.15) is 0 Å². The second-order valence-electron chi connectivity index (χ2n) is 3.22. The van der Waals surface area contributed by atoms with Gasteiger partial charge in [-0.25, -0.2) is 0 Å². The van der Waals surface area contributed by atoms with E-state index in [1.807, 2.05) is 12.3 Å². The minimum Gasteiger partial charge on any atom is -0.296 e. The lowest BCUT2D eigenvalue weighted by Crippen LogP contribution is -2.19. The first kappa shape index (κ1) is 4.85. The molecule has 1 aliphatic carbocycles. The first-order valence-electron chi connectivity index (χ1n) is 3.55. The molecule has 1 aromatic rings. The summed E-state index contributed by atoms with van der Waals surface area (Å²) in [6, 6.07) is 4.77. The Bertz CT molecular complexity index is 308. The van der Waals surface area contributed by atoms with Crippen molar-refractivity contribution in [3.8, 4) is 0 Å². The average Bonchev–Trinajstić information content (AvgIpc) is 2.57. The molecule has 50 valence electrons. The molecular formula is C8H8N2. The fraction of sp³-hybridized carbons (Fsp3) is 0.375. The number of pyridine rings is 1. The summed E-state index contributed by atoms with van der Waals surface area (Å²) in [6.07, 6.45) is 1.86. The summed E-state index contributed by atoms with van der Waals surface area (Å²) >= 11 is 0. The number of aromatic nitrogens is 1. The van der Waals surface area contributed by atoms with E-state index in [2.05, 4.69) is 23.3 Å². The molecule has 10 heavy (non-hydrogen) atoms. The molecule has 0 bridgehead atoms. The SMILES string of the molecule is CC12NC1c1cccnc12. The fourth-order valence-electron chi connectivity index (χ4n) is 1.86. The second-order valence-corrected chi connectivity index (χ2v) is 3.22. The van der Waals surface area contributed by atoms with E-state index in [1.54, 1.807) is 0 Å². The summed E-state index contributed by atoms with van der Waals surface area (Å²) in [5.41, 5.74) is 2.90. The fourth-order valence-corrected chi connectivity index (χ4v) is 1.86. The van der Waals surface area contributed by atoms with Gasteiger partial charge in [-0.05, 0) is 18.6 Å². The Kier molecular flexibility index (Phi) is 0.545. The standard InChI is InChI=1S/C8H8N2/c1-8-6-5(7(8)10-8)3-2-4-9-6/h2-4,7,10H,1H3. The van der Waals surface area contributed by atoms with Crippen LogP contribution in [-0.2, 0) is 5.54 Å². The van der Waals surface area contributed by atoms with E-state index >= 15 is 0 Å². The topological polar surface area (TPSA) is 34.8 Å². The van der Waals surface area contributed by atoms with E-state index in [4.69, 9.17) is 0 Å². The van der Waals surface area contributed by atoms with E-state index in [1.165, 1.54) is 11.3 Å². The van der Waals surface area contributed by atoms with Gasteiger partial charge in [0.1, 0.15) is 0 Å². The van der Waals surface area contributed by atoms with Crippen molar-refractivity contribution in [1.82, 2.24) is 10.3 Å². The van der Waals surface area contributed by atoms with Crippen molar-refractivity contribution >= 4 is 0 Å². The Labute approximate surface area is 59.3 Å². The molecule has 2 heteroatoms. The predicted molar refractivity (Wildman–Crippen MR) is 37.5 cm³/mol. The van der Waals surface area contributed by atoms with Crippen molar-refractivity contribution in [3.05, 3.63) is 29.6 Å². The van der Waals surface area contributed by atoms with E-state index in [0.29, 0.717) is 6.04 Å². The highest BCUT2D eigenvalue weighted by atomic mass is 15.3. The Morgan fingerprint density at radius 3 is 3.40 bits per heavy atom. The van der Waals surface area contributed by atoms with Gasteiger partial charge in [0, 0.05) is 6.20 Å². The van der Waals surface area contributed by atoms with Gasteiger partial charge in [-0.3, -0.25) is 10.3 Å². The molecule has 1 aromatic heterocycles. The van der Waals surface area contributed by atoms with E-state index in [-0.39, 0.29) is 5.54 Å². The van der Waals surface area contributed by atoms with Gasteiger partial charge in [0.25, 0.3) is 0 Å². The Morgan fingerprint density at radius 1 is 1.70 bits per heavy atom. The smallest absolute Gasteiger partial charge is 0.0787 e. The van der Waals surface area contributed by atoms with Crippen LogP contribution in [0, 0.1) is 0 Å². The van der Waals surface area contributed by atoms with Crippen LogP contribution in [0.3, 0.4) is 0 Å². The van der Waals surface area contributed by atoms with Crippen LogP contribution in [0.4, 0.5) is 0 Å². The monoisotopic (exact) mass is 132 g/mol. The van der Waals surface area contributed by atoms with E-state index in [9.17, 15) is 0 Å². The summed E-state index contributed by atoms with van der Waals surface area (Å²) < 4.78 is 0. The lowest BCUT2D eigenvalue weighted by atomic mass is 9.83. The Hall–Kier alpha value is -0.890. The molecule has 2 heterocycles. The first-order valence-corrected chi connectivity index (χ1v) is 3.55. The molecule has 2 unspecified atom stereocenters. The second kappa shape index (κ2) is 1.12. The maximum absolute atomic E-state index is 4.30. The molecule has 1 N–H and O–H groups in total. The summed E-state index contributed by atoms with van der Waals surface area (Å²) in [5.74, 6) is 0. The van der Waals surface area contributed by atoms with Crippen molar-refractivity contribution in [2.75, 3.05) is 0 Å². The minimum absolute atomic E-state index is 0.261. The maximum atomic E-state index is 4.30. The summed E-state index contributed by atoms with van der Waals surface area (Å²) in [4.78, 5) is 4.30. The zero-order valence-corrected chi connectivity index (χ0v) is 5.76. The number of nitrogens with zero attached hydrogens (tertiary/aromatic N) is 1. The summed E-state index contributed by atoms with van der Waals surface area (Å²) in [7, 11) is 0. The Morgan fingerprint density at radius 2 is 2.60 bits per heavy atom. The number of fused-ring (bicyclic) bond motifs is 4. The van der Waals surface area contributed by atoms with Crippen molar-refractivity contribution in [1.29, 1.82) is 0 Å². The van der Waals surface area contributed by atoms with Crippen LogP contribution in [0.25, 0.3) is 0 Å². The normalized spacial score (nSPS) is 39.5. The number of hydrogen-bond donors (Lipinski definition) is 1. The van der Waals surface area contributed by atoms with Crippen LogP contribution in [0.1, 0.15) is 24.2 Å². The van der Waals surface area contributed by atoms with Gasteiger partial charge in [0.15, 0.2) is 0 Å². The quantitative estimate of drug-likeness (QED) is 0.533. The van der Waals surface area contributed by atoms with Gasteiger partial charge < -0.3 is 0 Å². The van der Waals surface area contributed by atoms with Gasteiger partial charge in [-0.1, -0.05) is 6.07 Å². The first-order chi connectivity index (χ1) is 4.82. The molecule has 0 amide bonds. The Balaban J connectivity index is 2.29. The molecule has 0 spiro atoms. The zero-order chi connectivity index (χ0) is 6.77. The third kappa shape index (κ3) is 0.313. The van der Waals surface area contributed by atoms with Crippen molar-refractivity contribution in [2.45, 2.75) is 18.5 Å². The molecular weight excluding hydrogens is 124 g/mol. The molecule has 0 saturated carbocycles. The number of nitrogens with one attached hydrogen (secondary N) is 1. The molecule has 1 saturated heterocycles. The van der Waals surface area contributed by atoms with Crippen LogP contribution in [0.5, 0.6) is 0 Å². The highest BCUT2D eigenvalue weighted by Gasteiger charge is 2.63. The predicted octanol–water partition coefficient (Wildman–Crippen LogP) is 0.955. The third-order valence-corrected chi connectivity index (χ3v) is 2.58. The van der Waals surface area contributed by atoms with Crippen molar-refractivity contribution < 1.29 is 0 Å². The van der Waals surface area contributed by atoms with Gasteiger partial charge in [0.05, 0.1) is 17.3 Å². The van der Waals surface area contributed by atoms with Gasteiger partial charge >= 0.3 is 0 Å². The minimum atomic E-state index is 0.261. The number of hydrogen-bond acceptors (Lipinski definition) is 2. The molecule has 2 aliphatic rings. The largest absolute Gasteiger partial charge is 0.296 e. The van der Waals surface area contributed by atoms with Crippen LogP contribution in [0.15, 0.2) is 18.3 Å². The lowest BCUT2D eigenvalue weighted by Gasteiger charge is -2.20. The van der Waals surface area contributed by atoms with E-state index in [0.717, 1.165) is 0 Å². The summed E-state index contributed by atoms with van der Waals surface area (Å²) in [6.45, 7) is 2.20. The van der Waals surface area contributed by atoms with Crippen LogP contribution in [-0.4, -0.2) is 4.98 Å². The summed E-state index contributed by atoms with van der Waals surface area (Å²) in [5, 5.41) is 3.38. The average molecular weight is 132 g/mol. The molecule has 2 atom stereocenters. The van der Waals surface area contributed by atoms with Crippen molar-refractivity contribution in [3.63, 3.8) is 0 Å². The maximum Gasteiger partial charge on any atom is 0.0787 e. The van der Waals surface area contributed by atoms with Gasteiger partial charge in [0.2, 0.25) is 0 Å². The van der Waals surface area contributed by atoms with Crippen LogP contribution >= 0.6 is 0 Å². The van der Waals surface area contributed by atoms with Crippen LogP contribution in [0.2, 0.25) is 0 Å². The van der Waals surface area contributed by atoms with Gasteiger partial charge in [-0.15, -0.1) is 0 Å². The third-order valence-electron chi connectivity index (χ3n) is 2.58. The number of rotatable bonds is 0. The highest BCUT2D eigenvalue weighted by Crippen LogP contribution is 2.58. The highest BCUT2D eigenvalue weighted by molar-refractivity contribution is 5.51.